The zero-order valence-electron chi connectivity index (χ0n) is 11.7. The average Bonchev–Trinajstić information content (AvgIpc) is 2.58. The van der Waals surface area contributed by atoms with Crippen LogP contribution in [0, 0.1) is 0 Å². The quantitative estimate of drug-likeness (QED) is 0.625. The van der Waals surface area contributed by atoms with Crippen molar-refractivity contribution < 1.29 is 24.2 Å². The lowest BCUT2D eigenvalue weighted by Gasteiger charge is -2.26. The van der Waals surface area contributed by atoms with Crippen molar-refractivity contribution in [2.45, 2.75) is 31.8 Å². The first-order valence-corrected chi connectivity index (χ1v) is 6.96. The lowest BCUT2D eigenvalue weighted by Crippen LogP contribution is -2.52. The zero-order chi connectivity index (χ0) is 16.0. The number of hydrogen-bond acceptors (Lipinski definition) is 4. The first-order chi connectivity index (χ1) is 9.59. The van der Waals surface area contributed by atoms with Gasteiger partial charge in [-0.15, -0.1) is 0 Å². The van der Waals surface area contributed by atoms with Crippen LogP contribution in [0.5, 0.6) is 0 Å². The molecule has 0 aromatic heterocycles. The summed E-state index contributed by atoms with van der Waals surface area (Å²) in [4.78, 5) is 36.4. The molecule has 0 saturated heterocycles. The first-order valence-electron chi connectivity index (χ1n) is 6.17. The van der Waals surface area contributed by atoms with Crippen molar-refractivity contribution in [2.24, 2.45) is 0 Å². The van der Waals surface area contributed by atoms with Crippen LogP contribution in [-0.2, 0) is 24.5 Å². The van der Waals surface area contributed by atoms with Gasteiger partial charge in [0.2, 0.25) is 0 Å². The zero-order valence-corrected chi connectivity index (χ0v) is 13.3. The van der Waals surface area contributed by atoms with Crippen molar-refractivity contribution in [3.8, 4) is 0 Å². The summed E-state index contributed by atoms with van der Waals surface area (Å²) < 4.78 is 5.81. The number of halogens is 1. The molecule has 1 atom stereocenters. The minimum Gasteiger partial charge on any atom is -0.480 e. The molecule has 1 amide bonds. The second-order valence-corrected chi connectivity index (χ2v) is 6.62. The first kappa shape index (κ1) is 15.5. The Bertz CT molecular complexity index is 649. The molecule has 1 heterocycles. The van der Waals surface area contributed by atoms with E-state index < -0.39 is 28.9 Å². The number of esters is 1. The molecule has 1 aliphatic rings. The van der Waals surface area contributed by atoms with E-state index in [4.69, 9.17) is 4.74 Å². The van der Waals surface area contributed by atoms with Gasteiger partial charge in [-0.2, -0.15) is 0 Å². The summed E-state index contributed by atoms with van der Waals surface area (Å²) in [7, 11) is 0. The Kier molecular flexibility index (Phi) is 3.57. The van der Waals surface area contributed by atoms with Gasteiger partial charge in [-0.1, -0.05) is 22.0 Å². The van der Waals surface area contributed by atoms with E-state index in [0.717, 1.165) is 0 Å². The molecule has 2 rings (SSSR count). The summed E-state index contributed by atoms with van der Waals surface area (Å²) in [6, 6.07) is 4.54. The summed E-state index contributed by atoms with van der Waals surface area (Å²) in [5.74, 6) is -3.58. The normalized spacial score (nSPS) is 20.7. The highest BCUT2D eigenvalue weighted by Crippen LogP contribution is 2.41. The van der Waals surface area contributed by atoms with Crippen LogP contribution in [0.3, 0.4) is 0 Å². The van der Waals surface area contributed by atoms with Crippen molar-refractivity contribution in [1.82, 2.24) is 0 Å². The number of anilines is 1. The van der Waals surface area contributed by atoms with Crippen LogP contribution in [0.15, 0.2) is 22.7 Å². The second kappa shape index (κ2) is 4.84. The Hall–Kier alpha value is -1.89. The van der Waals surface area contributed by atoms with Gasteiger partial charge < -0.3 is 15.2 Å². The molecule has 112 valence electrons. The van der Waals surface area contributed by atoms with Crippen molar-refractivity contribution in [3.05, 3.63) is 28.2 Å². The van der Waals surface area contributed by atoms with Gasteiger partial charge in [-0.3, -0.25) is 9.59 Å². The fourth-order valence-electron chi connectivity index (χ4n) is 2.14. The maximum Gasteiger partial charge on any atom is 0.338 e. The molecule has 0 radical (unpaired) electrons. The van der Waals surface area contributed by atoms with E-state index in [1.807, 2.05) is 0 Å². The number of hydrogen-bond donors (Lipinski definition) is 2. The number of rotatable bonds is 2. The molecule has 1 aromatic carbocycles. The van der Waals surface area contributed by atoms with Crippen LogP contribution in [0.2, 0.25) is 0 Å². The fraction of sp³-hybridized carbons (Fsp3) is 0.357. The molecule has 0 spiro atoms. The summed E-state index contributed by atoms with van der Waals surface area (Å²) in [6.45, 7) is 4.82. The number of benzene rings is 1. The SMILES string of the molecule is CC(C)(C)OC(=O)C1(C(=O)O)C(=O)Nc2cc(Br)ccc21. The molecule has 0 saturated carbocycles. The largest absolute Gasteiger partial charge is 0.480 e. The van der Waals surface area contributed by atoms with Crippen molar-refractivity contribution in [3.63, 3.8) is 0 Å². The van der Waals surface area contributed by atoms with E-state index in [0.29, 0.717) is 4.47 Å². The molecule has 21 heavy (non-hydrogen) atoms. The van der Waals surface area contributed by atoms with Crippen LogP contribution < -0.4 is 5.32 Å². The van der Waals surface area contributed by atoms with Crippen molar-refractivity contribution >= 4 is 39.5 Å². The summed E-state index contributed by atoms with van der Waals surface area (Å²) >= 11 is 3.23. The van der Waals surface area contributed by atoms with E-state index in [9.17, 15) is 19.5 Å². The van der Waals surface area contributed by atoms with E-state index in [1.54, 1.807) is 32.9 Å². The highest BCUT2D eigenvalue weighted by molar-refractivity contribution is 9.10. The standard InChI is InChI=1S/C14H14BrNO5/c1-13(2,3)21-12(20)14(11(18)19)8-5-4-7(15)6-9(8)16-10(14)17/h4-6H,1-3H3,(H,16,17)(H,18,19). The maximum absolute atomic E-state index is 12.4. The van der Waals surface area contributed by atoms with Gasteiger partial charge in [0.25, 0.3) is 11.3 Å². The molecule has 0 bridgehead atoms. The average molecular weight is 356 g/mol. The summed E-state index contributed by atoms with van der Waals surface area (Å²) in [5, 5.41) is 12.0. The van der Waals surface area contributed by atoms with Crippen LogP contribution >= 0.6 is 15.9 Å². The highest BCUT2D eigenvalue weighted by Gasteiger charge is 2.61. The predicted octanol–water partition coefficient (Wildman–Crippen LogP) is 2.07. The maximum atomic E-state index is 12.4. The highest BCUT2D eigenvalue weighted by atomic mass is 79.9. The number of carboxylic acids is 1. The monoisotopic (exact) mass is 355 g/mol. The van der Waals surface area contributed by atoms with E-state index in [1.165, 1.54) is 6.07 Å². The van der Waals surface area contributed by atoms with Crippen molar-refractivity contribution in [1.29, 1.82) is 0 Å². The van der Waals surface area contributed by atoms with Gasteiger partial charge in [-0.05, 0) is 32.9 Å². The van der Waals surface area contributed by atoms with Crippen LogP contribution in [0.1, 0.15) is 26.3 Å². The Labute approximate surface area is 129 Å². The number of aliphatic carboxylic acids is 1. The fourth-order valence-corrected chi connectivity index (χ4v) is 2.50. The smallest absolute Gasteiger partial charge is 0.338 e. The number of carboxylic acid groups (broad SMARTS) is 1. The van der Waals surface area contributed by atoms with Crippen LogP contribution in [0.4, 0.5) is 5.69 Å². The summed E-state index contributed by atoms with van der Waals surface area (Å²) in [6.07, 6.45) is 0. The number of nitrogens with one attached hydrogen (secondary N) is 1. The van der Waals surface area contributed by atoms with E-state index in [-0.39, 0.29) is 11.3 Å². The molecule has 1 aromatic rings. The molecule has 2 N–H and O–H groups in total. The van der Waals surface area contributed by atoms with Gasteiger partial charge in [-0.25, -0.2) is 4.79 Å². The minimum absolute atomic E-state index is 0.0810. The van der Waals surface area contributed by atoms with E-state index in [2.05, 4.69) is 21.2 Å². The van der Waals surface area contributed by atoms with E-state index >= 15 is 0 Å². The van der Waals surface area contributed by atoms with Crippen LogP contribution in [0.25, 0.3) is 0 Å². The molecule has 7 heteroatoms. The predicted molar refractivity (Wildman–Crippen MR) is 77.9 cm³/mol. The van der Waals surface area contributed by atoms with Gasteiger partial charge >= 0.3 is 11.9 Å². The number of amides is 1. The third-order valence-corrected chi connectivity index (χ3v) is 3.49. The third-order valence-electron chi connectivity index (χ3n) is 3.00. The molecule has 1 aliphatic heterocycles. The molecule has 0 aliphatic carbocycles. The molecule has 1 unspecified atom stereocenters. The van der Waals surface area contributed by atoms with Gasteiger partial charge in [0.05, 0.1) is 0 Å². The second-order valence-electron chi connectivity index (χ2n) is 5.70. The molecule has 0 fully saturated rings. The molecule has 6 nitrogen and oxygen atoms in total. The number of ether oxygens (including phenoxy) is 1. The minimum atomic E-state index is -2.37. The number of fused-ring (bicyclic) bond motifs is 1. The van der Waals surface area contributed by atoms with Gasteiger partial charge in [0.1, 0.15) is 5.60 Å². The summed E-state index contributed by atoms with van der Waals surface area (Å²) in [5.41, 5.74) is -2.92. The van der Waals surface area contributed by atoms with Gasteiger partial charge in [0, 0.05) is 15.7 Å². The Morgan fingerprint density at radius 1 is 1.33 bits per heavy atom. The Morgan fingerprint density at radius 3 is 2.48 bits per heavy atom. The lowest BCUT2D eigenvalue weighted by molar-refractivity contribution is -0.170. The van der Waals surface area contributed by atoms with Crippen molar-refractivity contribution in [2.75, 3.05) is 5.32 Å². The molecular weight excluding hydrogens is 342 g/mol. The van der Waals surface area contributed by atoms with Gasteiger partial charge in [0.15, 0.2) is 0 Å². The number of carbonyl (C=O) groups is 3. The van der Waals surface area contributed by atoms with Crippen LogP contribution in [-0.4, -0.2) is 28.6 Å². The lowest BCUT2D eigenvalue weighted by atomic mass is 9.81. The molecular formula is C14H14BrNO5. The Morgan fingerprint density at radius 2 is 1.95 bits per heavy atom. The third kappa shape index (κ3) is 2.42. The Balaban J connectivity index is 2.62. The topological polar surface area (TPSA) is 92.7 Å². The number of carbonyl (C=O) groups excluding carboxylic acids is 2.